The first-order valence-electron chi connectivity index (χ1n) is 6.39. The second-order valence-corrected chi connectivity index (χ2v) is 4.65. The minimum absolute atomic E-state index is 0.0457. The molecule has 1 aliphatic heterocycles. The summed E-state index contributed by atoms with van der Waals surface area (Å²) in [6.45, 7) is 2.71. The zero-order chi connectivity index (χ0) is 14.8. The molecule has 0 N–H and O–H groups in total. The second-order valence-electron chi connectivity index (χ2n) is 4.65. The second kappa shape index (κ2) is 5.68. The maximum atomic E-state index is 12.5. The Labute approximate surface area is 114 Å². The van der Waals surface area contributed by atoms with Gasteiger partial charge in [-0.2, -0.15) is 13.2 Å². The van der Waals surface area contributed by atoms with Crippen LogP contribution in [0.2, 0.25) is 0 Å². The Morgan fingerprint density at radius 1 is 1.45 bits per heavy atom. The van der Waals surface area contributed by atoms with E-state index in [0.29, 0.717) is 19.5 Å². The average Bonchev–Trinajstić information content (AvgIpc) is 2.33. The number of pyridine rings is 1. The van der Waals surface area contributed by atoms with E-state index in [0.717, 1.165) is 12.5 Å². The summed E-state index contributed by atoms with van der Waals surface area (Å²) in [5.74, 6) is -0.0169. The van der Waals surface area contributed by atoms with Gasteiger partial charge in [-0.1, -0.05) is 13.0 Å². The third-order valence-corrected chi connectivity index (χ3v) is 2.97. The van der Waals surface area contributed by atoms with Gasteiger partial charge < -0.3 is 9.64 Å². The lowest BCUT2D eigenvalue weighted by molar-refractivity contribution is -0.142. The number of ether oxygens (including phenoxy) is 1. The largest absolute Gasteiger partial charge is 0.471 e. The standard InChI is InChI=1S/C13H15F3N2O2/c1-2-4-12(19)18-7-9(8-18)20-11-6-3-5-10(17-11)13(14,15)16/h3,5-6,9H,2,4,7-8H2,1H3. The van der Waals surface area contributed by atoms with Crippen LogP contribution in [0.5, 0.6) is 5.88 Å². The van der Waals surface area contributed by atoms with Gasteiger partial charge in [0, 0.05) is 12.5 Å². The minimum atomic E-state index is -4.48. The van der Waals surface area contributed by atoms with Gasteiger partial charge in [0.15, 0.2) is 0 Å². The number of halogens is 3. The highest BCUT2D eigenvalue weighted by molar-refractivity contribution is 5.77. The van der Waals surface area contributed by atoms with E-state index in [9.17, 15) is 18.0 Å². The van der Waals surface area contributed by atoms with Crippen LogP contribution in [0.3, 0.4) is 0 Å². The molecule has 0 saturated carbocycles. The number of rotatable bonds is 4. The number of carbonyl (C=O) groups excluding carboxylic acids is 1. The Bertz CT molecular complexity index is 485. The molecule has 2 heterocycles. The summed E-state index contributed by atoms with van der Waals surface area (Å²) in [6.07, 6.45) is -3.51. The number of likely N-dealkylation sites (tertiary alicyclic amines) is 1. The fourth-order valence-electron chi connectivity index (χ4n) is 1.90. The molecule has 0 unspecified atom stereocenters. The summed E-state index contributed by atoms with van der Waals surface area (Å²) in [6, 6.07) is 3.53. The lowest BCUT2D eigenvalue weighted by atomic mass is 10.1. The highest BCUT2D eigenvalue weighted by Gasteiger charge is 2.34. The highest BCUT2D eigenvalue weighted by atomic mass is 19.4. The molecule has 0 aromatic carbocycles. The predicted molar refractivity (Wildman–Crippen MR) is 65.1 cm³/mol. The molecule has 0 spiro atoms. The Balaban J connectivity index is 1.89. The van der Waals surface area contributed by atoms with Gasteiger partial charge in [0.1, 0.15) is 11.8 Å². The fourth-order valence-corrected chi connectivity index (χ4v) is 1.90. The molecule has 0 atom stereocenters. The van der Waals surface area contributed by atoms with Crippen molar-refractivity contribution >= 4 is 5.91 Å². The van der Waals surface area contributed by atoms with Gasteiger partial charge in [0.05, 0.1) is 13.1 Å². The molecule has 0 bridgehead atoms. The summed E-state index contributed by atoms with van der Waals surface area (Å²) < 4.78 is 42.8. The Kier molecular flexibility index (Phi) is 4.15. The first-order chi connectivity index (χ1) is 9.40. The molecule has 1 fully saturated rings. The van der Waals surface area contributed by atoms with Crippen molar-refractivity contribution in [2.24, 2.45) is 0 Å². The zero-order valence-corrected chi connectivity index (χ0v) is 11.0. The van der Waals surface area contributed by atoms with E-state index in [1.807, 2.05) is 6.92 Å². The molecule has 0 aliphatic carbocycles. The van der Waals surface area contributed by atoms with Crippen molar-refractivity contribution < 1.29 is 22.7 Å². The van der Waals surface area contributed by atoms with E-state index in [1.54, 1.807) is 4.90 Å². The van der Waals surface area contributed by atoms with Gasteiger partial charge in [-0.05, 0) is 12.5 Å². The SMILES string of the molecule is CCCC(=O)N1CC(Oc2cccc(C(F)(F)F)n2)C1. The number of hydrogen-bond donors (Lipinski definition) is 0. The maximum absolute atomic E-state index is 12.5. The van der Waals surface area contributed by atoms with Crippen molar-refractivity contribution in [1.29, 1.82) is 0 Å². The first-order valence-corrected chi connectivity index (χ1v) is 6.39. The predicted octanol–water partition coefficient (Wildman–Crippen LogP) is 2.49. The maximum Gasteiger partial charge on any atom is 0.433 e. The smallest absolute Gasteiger partial charge is 0.433 e. The molecule has 1 amide bonds. The molecule has 0 radical (unpaired) electrons. The quantitative estimate of drug-likeness (QED) is 0.855. The molecular formula is C13H15F3N2O2. The summed E-state index contributed by atoms with van der Waals surface area (Å²) in [7, 11) is 0. The van der Waals surface area contributed by atoms with Crippen LogP contribution in [0, 0.1) is 0 Å². The molecule has 110 valence electrons. The van der Waals surface area contributed by atoms with E-state index in [-0.39, 0.29) is 17.9 Å². The van der Waals surface area contributed by atoms with Crippen molar-refractivity contribution in [2.45, 2.75) is 32.0 Å². The number of amides is 1. The third-order valence-electron chi connectivity index (χ3n) is 2.97. The lowest BCUT2D eigenvalue weighted by Crippen LogP contribution is -2.56. The lowest BCUT2D eigenvalue weighted by Gasteiger charge is -2.38. The zero-order valence-electron chi connectivity index (χ0n) is 11.0. The molecular weight excluding hydrogens is 273 g/mol. The molecule has 1 aromatic rings. The average molecular weight is 288 g/mol. The topological polar surface area (TPSA) is 42.4 Å². The van der Waals surface area contributed by atoms with Crippen molar-refractivity contribution in [3.8, 4) is 5.88 Å². The molecule has 2 rings (SSSR count). The van der Waals surface area contributed by atoms with Crippen LogP contribution in [-0.4, -0.2) is 35.0 Å². The monoisotopic (exact) mass is 288 g/mol. The molecule has 4 nitrogen and oxygen atoms in total. The minimum Gasteiger partial charge on any atom is -0.471 e. The van der Waals surface area contributed by atoms with Gasteiger partial charge >= 0.3 is 6.18 Å². The van der Waals surface area contributed by atoms with E-state index < -0.39 is 11.9 Å². The number of nitrogens with zero attached hydrogens (tertiary/aromatic N) is 2. The van der Waals surface area contributed by atoms with Crippen molar-refractivity contribution in [3.63, 3.8) is 0 Å². The number of alkyl halides is 3. The summed E-state index contributed by atoms with van der Waals surface area (Å²) in [5, 5.41) is 0. The van der Waals surface area contributed by atoms with E-state index >= 15 is 0 Å². The molecule has 7 heteroatoms. The van der Waals surface area contributed by atoms with Crippen LogP contribution >= 0.6 is 0 Å². The normalized spacial score (nSPS) is 15.9. The van der Waals surface area contributed by atoms with Gasteiger partial charge in [0.2, 0.25) is 11.8 Å². The van der Waals surface area contributed by atoms with Crippen molar-refractivity contribution in [3.05, 3.63) is 23.9 Å². The van der Waals surface area contributed by atoms with Gasteiger partial charge in [0.25, 0.3) is 0 Å². The van der Waals surface area contributed by atoms with Gasteiger partial charge in [-0.3, -0.25) is 4.79 Å². The number of carbonyl (C=O) groups is 1. The summed E-state index contributed by atoms with van der Waals surface area (Å²) >= 11 is 0. The molecule has 1 aliphatic rings. The van der Waals surface area contributed by atoms with Crippen LogP contribution in [0.15, 0.2) is 18.2 Å². The Morgan fingerprint density at radius 3 is 2.75 bits per heavy atom. The number of hydrogen-bond acceptors (Lipinski definition) is 3. The molecule has 1 aromatic heterocycles. The van der Waals surface area contributed by atoms with Crippen molar-refractivity contribution in [2.75, 3.05) is 13.1 Å². The van der Waals surface area contributed by atoms with E-state index in [1.165, 1.54) is 12.1 Å². The van der Waals surface area contributed by atoms with E-state index in [4.69, 9.17) is 4.74 Å². The van der Waals surface area contributed by atoms with Gasteiger partial charge in [-0.15, -0.1) is 0 Å². The van der Waals surface area contributed by atoms with Crippen LogP contribution in [0.4, 0.5) is 13.2 Å². The highest BCUT2D eigenvalue weighted by Crippen LogP contribution is 2.29. The van der Waals surface area contributed by atoms with E-state index in [2.05, 4.69) is 4.98 Å². The summed E-state index contributed by atoms with van der Waals surface area (Å²) in [4.78, 5) is 16.6. The third kappa shape index (κ3) is 3.40. The molecule has 1 saturated heterocycles. The number of aromatic nitrogens is 1. The van der Waals surface area contributed by atoms with Crippen LogP contribution < -0.4 is 4.74 Å². The van der Waals surface area contributed by atoms with Crippen LogP contribution in [0.25, 0.3) is 0 Å². The summed E-state index contributed by atoms with van der Waals surface area (Å²) in [5.41, 5.74) is -0.978. The first kappa shape index (κ1) is 14.6. The Morgan fingerprint density at radius 2 is 2.15 bits per heavy atom. The molecule has 20 heavy (non-hydrogen) atoms. The van der Waals surface area contributed by atoms with Gasteiger partial charge in [-0.25, -0.2) is 4.98 Å². The van der Waals surface area contributed by atoms with Crippen LogP contribution in [0.1, 0.15) is 25.5 Å². The van der Waals surface area contributed by atoms with Crippen molar-refractivity contribution in [1.82, 2.24) is 9.88 Å². The van der Waals surface area contributed by atoms with Crippen LogP contribution in [-0.2, 0) is 11.0 Å². The Hall–Kier alpha value is -1.79. The fraction of sp³-hybridized carbons (Fsp3) is 0.538.